The molecule has 128 valence electrons. The van der Waals surface area contributed by atoms with Crippen LogP contribution in [0.1, 0.15) is 31.4 Å². The van der Waals surface area contributed by atoms with Gasteiger partial charge in [0, 0.05) is 26.0 Å². The smallest absolute Gasteiger partial charge is 0.317 e. The van der Waals surface area contributed by atoms with Crippen LogP contribution in [0.15, 0.2) is 42.7 Å². The zero-order chi connectivity index (χ0) is 17.1. The van der Waals surface area contributed by atoms with E-state index in [4.69, 9.17) is 0 Å². The Morgan fingerprint density at radius 3 is 2.83 bits per heavy atom. The minimum absolute atomic E-state index is 0.168. The van der Waals surface area contributed by atoms with E-state index in [0.717, 1.165) is 24.1 Å². The summed E-state index contributed by atoms with van der Waals surface area (Å²) in [7, 11) is 1.72. The third kappa shape index (κ3) is 3.76. The number of rotatable bonds is 6. The number of hydrogen-bond acceptors (Lipinski definition) is 3. The van der Waals surface area contributed by atoms with Crippen LogP contribution in [0.25, 0.3) is 5.69 Å². The molecule has 0 aliphatic heterocycles. The minimum Gasteiger partial charge on any atom is -0.391 e. The van der Waals surface area contributed by atoms with Crippen molar-refractivity contribution in [2.45, 2.75) is 31.9 Å². The first-order valence-corrected chi connectivity index (χ1v) is 8.35. The van der Waals surface area contributed by atoms with Crippen LogP contribution in [0.3, 0.4) is 0 Å². The maximum atomic E-state index is 12.4. The van der Waals surface area contributed by atoms with Crippen molar-refractivity contribution in [1.82, 2.24) is 20.0 Å². The van der Waals surface area contributed by atoms with Gasteiger partial charge in [0.15, 0.2) is 0 Å². The molecule has 0 saturated heterocycles. The minimum atomic E-state index is -0.424. The number of carbonyl (C=O) groups is 1. The summed E-state index contributed by atoms with van der Waals surface area (Å²) in [5, 5.41) is 17.3. The number of aliphatic hydroxyl groups excluding tert-OH is 1. The van der Waals surface area contributed by atoms with E-state index in [0.29, 0.717) is 12.5 Å². The van der Waals surface area contributed by atoms with E-state index in [1.165, 1.54) is 0 Å². The van der Waals surface area contributed by atoms with E-state index in [9.17, 15) is 9.90 Å². The van der Waals surface area contributed by atoms with Crippen LogP contribution in [-0.4, -0.2) is 45.5 Å². The van der Waals surface area contributed by atoms with Gasteiger partial charge in [-0.1, -0.05) is 18.2 Å². The van der Waals surface area contributed by atoms with Crippen molar-refractivity contribution >= 4 is 6.03 Å². The summed E-state index contributed by atoms with van der Waals surface area (Å²) >= 11 is 0. The van der Waals surface area contributed by atoms with Gasteiger partial charge < -0.3 is 15.3 Å². The maximum Gasteiger partial charge on any atom is 0.317 e. The maximum absolute atomic E-state index is 12.4. The second kappa shape index (κ2) is 7.05. The second-order valence-corrected chi connectivity index (χ2v) is 6.47. The van der Waals surface area contributed by atoms with Crippen LogP contribution in [0.4, 0.5) is 4.79 Å². The molecule has 6 nitrogen and oxygen atoms in total. The van der Waals surface area contributed by atoms with Crippen molar-refractivity contribution in [3.05, 3.63) is 48.3 Å². The first-order valence-electron chi connectivity index (χ1n) is 8.35. The number of nitrogens with one attached hydrogen (secondary N) is 1. The fourth-order valence-corrected chi connectivity index (χ4v) is 2.84. The van der Waals surface area contributed by atoms with E-state index < -0.39 is 6.10 Å². The Kier molecular flexibility index (Phi) is 4.85. The Labute approximate surface area is 142 Å². The molecule has 1 saturated carbocycles. The number of benzene rings is 1. The van der Waals surface area contributed by atoms with Crippen LogP contribution in [-0.2, 0) is 0 Å². The van der Waals surface area contributed by atoms with Gasteiger partial charge >= 0.3 is 6.03 Å². The van der Waals surface area contributed by atoms with Crippen molar-refractivity contribution < 1.29 is 9.90 Å². The number of urea groups is 1. The number of carbonyl (C=O) groups excluding carboxylic acids is 1. The Balaban J connectivity index is 1.66. The molecule has 24 heavy (non-hydrogen) atoms. The molecule has 1 aromatic heterocycles. The predicted molar refractivity (Wildman–Crippen MR) is 91.9 cm³/mol. The summed E-state index contributed by atoms with van der Waals surface area (Å²) in [4.78, 5) is 13.9. The third-order valence-electron chi connectivity index (χ3n) is 4.47. The topological polar surface area (TPSA) is 70.4 Å². The van der Waals surface area contributed by atoms with Gasteiger partial charge in [0.25, 0.3) is 0 Å². The molecule has 1 aliphatic rings. The van der Waals surface area contributed by atoms with Crippen molar-refractivity contribution in [2.75, 3.05) is 13.6 Å². The van der Waals surface area contributed by atoms with Gasteiger partial charge in [-0.2, -0.15) is 5.10 Å². The van der Waals surface area contributed by atoms with Crippen LogP contribution in [0.2, 0.25) is 0 Å². The molecule has 1 fully saturated rings. The van der Waals surface area contributed by atoms with E-state index in [2.05, 4.69) is 10.4 Å². The lowest BCUT2D eigenvalue weighted by Gasteiger charge is -2.24. The monoisotopic (exact) mass is 328 g/mol. The van der Waals surface area contributed by atoms with Gasteiger partial charge in [0.1, 0.15) is 0 Å². The van der Waals surface area contributed by atoms with E-state index >= 15 is 0 Å². The summed E-state index contributed by atoms with van der Waals surface area (Å²) in [6, 6.07) is 9.38. The highest BCUT2D eigenvalue weighted by molar-refractivity contribution is 5.74. The highest BCUT2D eigenvalue weighted by Gasteiger charge is 2.31. The zero-order valence-electron chi connectivity index (χ0n) is 14.1. The quantitative estimate of drug-likeness (QED) is 0.855. The number of nitrogens with zero attached hydrogens (tertiary/aromatic N) is 3. The van der Waals surface area contributed by atoms with Gasteiger partial charge in [-0.15, -0.1) is 0 Å². The SMILES string of the molecule is CC(NC(=O)N(C)CC(O)C1CC1)c1ccccc1-n1cccn1. The summed E-state index contributed by atoms with van der Waals surface area (Å²) in [6.07, 6.45) is 5.31. The zero-order valence-corrected chi connectivity index (χ0v) is 14.1. The number of likely N-dealkylation sites (N-methyl/N-ethyl adjacent to an activating group) is 1. The lowest BCUT2D eigenvalue weighted by atomic mass is 10.1. The molecule has 0 spiro atoms. The van der Waals surface area contributed by atoms with E-state index in [1.54, 1.807) is 22.8 Å². The molecule has 1 heterocycles. The summed E-state index contributed by atoms with van der Waals surface area (Å²) in [6.45, 7) is 2.31. The molecule has 2 aromatic rings. The van der Waals surface area contributed by atoms with Crippen LogP contribution >= 0.6 is 0 Å². The van der Waals surface area contributed by atoms with Crippen molar-refractivity contribution in [2.24, 2.45) is 5.92 Å². The summed E-state index contributed by atoms with van der Waals surface area (Å²) < 4.78 is 1.79. The van der Waals surface area contributed by atoms with Crippen LogP contribution in [0, 0.1) is 5.92 Å². The number of aliphatic hydroxyl groups is 1. The van der Waals surface area contributed by atoms with Gasteiger partial charge in [0.05, 0.1) is 17.8 Å². The highest BCUT2D eigenvalue weighted by Crippen LogP contribution is 2.32. The lowest BCUT2D eigenvalue weighted by Crippen LogP contribution is -2.42. The van der Waals surface area contributed by atoms with Crippen molar-refractivity contribution in [1.29, 1.82) is 0 Å². The molecule has 2 unspecified atom stereocenters. The Morgan fingerprint density at radius 2 is 2.17 bits per heavy atom. The molecule has 1 aliphatic carbocycles. The molecule has 0 bridgehead atoms. The predicted octanol–water partition coefficient (Wildman–Crippen LogP) is 2.35. The number of aromatic nitrogens is 2. The number of amides is 2. The Hall–Kier alpha value is -2.34. The second-order valence-electron chi connectivity index (χ2n) is 6.47. The molecule has 2 N–H and O–H groups in total. The fourth-order valence-electron chi connectivity index (χ4n) is 2.84. The number of hydrogen-bond donors (Lipinski definition) is 2. The van der Waals surface area contributed by atoms with Crippen LogP contribution in [0.5, 0.6) is 0 Å². The average Bonchev–Trinajstić information content (AvgIpc) is 3.29. The first kappa shape index (κ1) is 16.5. The van der Waals surface area contributed by atoms with Gasteiger partial charge in [-0.25, -0.2) is 9.48 Å². The molecule has 0 radical (unpaired) electrons. The summed E-state index contributed by atoms with van der Waals surface area (Å²) in [5.74, 6) is 0.359. The molecular weight excluding hydrogens is 304 g/mol. The standard InChI is InChI=1S/C18H24N4O2/c1-13(20-18(24)21(2)12-17(23)14-8-9-14)15-6-3-4-7-16(15)22-11-5-10-19-22/h3-7,10-11,13-14,17,23H,8-9,12H2,1-2H3,(H,20,24). The van der Waals surface area contributed by atoms with Gasteiger partial charge in [-0.05, 0) is 43.4 Å². The normalized spacial score (nSPS) is 16.5. The molecule has 2 amide bonds. The van der Waals surface area contributed by atoms with Crippen LogP contribution < -0.4 is 5.32 Å². The average molecular weight is 328 g/mol. The van der Waals surface area contributed by atoms with Gasteiger partial charge in [0.2, 0.25) is 0 Å². The van der Waals surface area contributed by atoms with E-state index in [1.807, 2.05) is 43.5 Å². The third-order valence-corrected chi connectivity index (χ3v) is 4.47. The molecule has 6 heteroatoms. The highest BCUT2D eigenvalue weighted by atomic mass is 16.3. The van der Waals surface area contributed by atoms with Crippen molar-refractivity contribution in [3.63, 3.8) is 0 Å². The molecular formula is C18H24N4O2. The molecule has 3 rings (SSSR count). The largest absolute Gasteiger partial charge is 0.391 e. The van der Waals surface area contributed by atoms with Crippen molar-refractivity contribution in [3.8, 4) is 5.69 Å². The Morgan fingerprint density at radius 1 is 1.42 bits per heavy atom. The summed E-state index contributed by atoms with van der Waals surface area (Å²) in [5.41, 5.74) is 1.93. The first-order chi connectivity index (χ1) is 11.6. The molecule has 2 atom stereocenters. The lowest BCUT2D eigenvalue weighted by molar-refractivity contribution is 0.113. The van der Waals surface area contributed by atoms with Gasteiger partial charge in [-0.3, -0.25) is 0 Å². The molecule has 1 aromatic carbocycles. The number of para-hydroxylation sites is 1. The Bertz CT molecular complexity index is 682. The fraction of sp³-hybridized carbons (Fsp3) is 0.444. The van der Waals surface area contributed by atoms with E-state index in [-0.39, 0.29) is 12.1 Å².